The molecule has 1 heterocycles. The lowest BCUT2D eigenvalue weighted by Gasteiger charge is -2.28. The Morgan fingerprint density at radius 3 is 2.56 bits per heavy atom. The lowest BCUT2D eigenvalue weighted by molar-refractivity contribution is 0.0611. The van der Waals surface area contributed by atoms with Crippen LogP contribution in [0.4, 0.5) is 0 Å². The first kappa shape index (κ1) is 13.9. The molecule has 3 nitrogen and oxygen atoms in total. The summed E-state index contributed by atoms with van der Waals surface area (Å²) in [5.41, 5.74) is 0. The molecule has 96 valence electrons. The van der Waals surface area contributed by atoms with Crippen molar-refractivity contribution in [3.63, 3.8) is 0 Å². The second-order valence-electron chi connectivity index (χ2n) is 5.12. The van der Waals surface area contributed by atoms with Crippen LogP contribution in [0.15, 0.2) is 0 Å². The molecule has 1 rings (SSSR count). The van der Waals surface area contributed by atoms with Crippen molar-refractivity contribution in [3.8, 4) is 0 Å². The number of nitrogens with zero attached hydrogens (tertiary/aromatic N) is 2. The fourth-order valence-corrected chi connectivity index (χ4v) is 2.19. The van der Waals surface area contributed by atoms with E-state index < -0.39 is 0 Å². The Labute approximate surface area is 101 Å². The minimum Gasteiger partial charge on any atom is -0.380 e. The SMILES string of the molecule is CCCN(C)CCOCC1CCN(C)CC1. The van der Waals surface area contributed by atoms with Crippen molar-refractivity contribution in [1.29, 1.82) is 0 Å². The van der Waals surface area contributed by atoms with Gasteiger partial charge in [-0.25, -0.2) is 0 Å². The third-order valence-corrected chi connectivity index (χ3v) is 3.41. The van der Waals surface area contributed by atoms with Crippen LogP contribution in [0.1, 0.15) is 26.2 Å². The molecule has 0 aromatic heterocycles. The van der Waals surface area contributed by atoms with E-state index in [2.05, 4.69) is 30.8 Å². The molecule has 0 unspecified atom stereocenters. The summed E-state index contributed by atoms with van der Waals surface area (Å²) in [6.45, 7) is 8.80. The van der Waals surface area contributed by atoms with Gasteiger partial charge < -0.3 is 14.5 Å². The van der Waals surface area contributed by atoms with E-state index in [1.807, 2.05) is 0 Å². The van der Waals surface area contributed by atoms with Crippen LogP contribution in [-0.2, 0) is 4.74 Å². The first-order valence-electron chi connectivity index (χ1n) is 6.67. The van der Waals surface area contributed by atoms with E-state index in [0.29, 0.717) is 0 Å². The molecule has 1 aliphatic rings. The van der Waals surface area contributed by atoms with Crippen LogP contribution in [0.5, 0.6) is 0 Å². The minimum absolute atomic E-state index is 0.799. The van der Waals surface area contributed by atoms with Gasteiger partial charge in [-0.3, -0.25) is 0 Å². The fraction of sp³-hybridized carbons (Fsp3) is 1.00. The van der Waals surface area contributed by atoms with Crippen LogP contribution in [0.2, 0.25) is 0 Å². The van der Waals surface area contributed by atoms with E-state index in [1.165, 1.54) is 38.9 Å². The third kappa shape index (κ3) is 5.83. The molecule has 0 amide bonds. The Kier molecular flexibility index (Phi) is 7.01. The van der Waals surface area contributed by atoms with E-state index in [4.69, 9.17) is 4.74 Å². The molecule has 0 bridgehead atoms. The van der Waals surface area contributed by atoms with Crippen molar-refractivity contribution in [2.75, 3.05) is 53.5 Å². The highest BCUT2D eigenvalue weighted by Gasteiger charge is 2.16. The number of likely N-dealkylation sites (N-methyl/N-ethyl adjacent to an activating group) is 1. The summed E-state index contributed by atoms with van der Waals surface area (Å²) >= 11 is 0. The third-order valence-electron chi connectivity index (χ3n) is 3.41. The van der Waals surface area contributed by atoms with E-state index in [1.54, 1.807) is 0 Å². The molecular formula is C13H28N2O. The van der Waals surface area contributed by atoms with E-state index in [0.717, 1.165) is 25.7 Å². The van der Waals surface area contributed by atoms with Crippen molar-refractivity contribution >= 4 is 0 Å². The Hall–Kier alpha value is -0.120. The maximum Gasteiger partial charge on any atom is 0.0593 e. The zero-order valence-corrected chi connectivity index (χ0v) is 11.2. The molecule has 3 heteroatoms. The van der Waals surface area contributed by atoms with Crippen LogP contribution >= 0.6 is 0 Å². The second kappa shape index (κ2) is 8.04. The molecule has 0 atom stereocenters. The van der Waals surface area contributed by atoms with E-state index in [-0.39, 0.29) is 0 Å². The van der Waals surface area contributed by atoms with Gasteiger partial charge in [0, 0.05) is 13.2 Å². The summed E-state index contributed by atoms with van der Waals surface area (Å²) in [4.78, 5) is 4.75. The van der Waals surface area contributed by atoms with Crippen molar-refractivity contribution in [3.05, 3.63) is 0 Å². The first-order chi connectivity index (χ1) is 7.72. The molecule has 0 N–H and O–H groups in total. The summed E-state index contributed by atoms with van der Waals surface area (Å²) in [6.07, 6.45) is 3.84. The predicted molar refractivity (Wildman–Crippen MR) is 68.8 cm³/mol. The monoisotopic (exact) mass is 228 g/mol. The van der Waals surface area contributed by atoms with Gasteiger partial charge in [-0.05, 0) is 58.9 Å². The maximum atomic E-state index is 5.77. The zero-order valence-electron chi connectivity index (χ0n) is 11.2. The average Bonchev–Trinajstić information content (AvgIpc) is 2.27. The minimum atomic E-state index is 0.799. The second-order valence-corrected chi connectivity index (χ2v) is 5.12. The average molecular weight is 228 g/mol. The molecular weight excluding hydrogens is 200 g/mol. The van der Waals surface area contributed by atoms with Crippen LogP contribution in [0.3, 0.4) is 0 Å². The molecule has 0 aromatic carbocycles. The smallest absolute Gasteiger partial charge is 0.0593 e. The Morgan fingerprint density at radius 1 is 1.25 bits per heavy atom. The number of likely N-dealkylation sites (tertiary alicyclic amines) is 1. The topological polar surface area (TPSA) is 15.7 Å². The molecule has 0 spiro atoms. The van der Waals surface area contributed by atoms with Gasteiger partial charge in [0.25, 0.3) is 0 Å². The molecule has 0 saturated carbocycles. The summed E-state index contributed by atoms with van der Waals surface area (Å²) in [5.74, 6) is 0.799. The van der Waals surface area contributed by atoms with E-state index >= 15 is 0 Å². The Balaban J connectivity index is 1.95. The van der Waals surface area contributed by atoms with Crippen molar-refractivity contribution in [2.24, 2.45) is 5.92 Å². The van der Waals surface area contributed by atoms with Crippen LogP contribution in [0, 0.1) is 5.92 Å². The fourth-order valence-electron chi connectivity index (χ4n) is 2.19. The van der Waals surface area contributed by atoms with E-state index in [9.17, 15) is 0 Å². The Bertz CT molecular complexity index is 167. The van der Waals surface area contributed by atoms with Gasteiger partial charge in [-0.2, -0.15) is 0 Å². The van der Waals surface area contributed by atoms with Gasteiger partial charge in [-0.1, -0.05) is 6.92 Å². The van der Waals surface area contributed by atoms with Crippen LogP contribution < -0.4 is 0 Å². The molecule has 0 aliphatic carbocycles. The number of rotatable bonds is 7. The standard InChI is InChI=1S/C13H28N2O/c1-4-7-14(2)10-11-16-12-13-5-8-15(3)9-6-13/h13H,4-12H2,1-3H3. The highest BCUT2D eigenvalue weighted by atomic mass is 16.5. The molecule has 1 saturated heterocycles. The number of hydrogen-bond acceptors (Lipinski definition) is 3. The highest BCUT2D eigenvalue weighted by molar-refractivity contribution is 4.69. The van der Waals surface area contributed by atoms with Gasteiger partial charge in [0.2, 0.25) is 0 Å². The lowest BCUT2D eigenvalue weighted by atomic mass is 9.98. The van der Waals surface area contributed by atoms with Gasteiger partial charge in [-0.15, -0.1) is 0 Å². The predicted octanol–water partition coefficient (Wildman–Crippen LogP) is 1.69. The summed E-state index contributed by atoms with van der Waals surface area (Å²) in [6, 6.07) is 0. The largest absolute Gasteiger partial charge is 0.380 e. The first-order valence-corrected chi connectivity index (χ1v) is 6.67. The summed E-state index contributed by atoms with van der Waals surface area (Å²) < 4.78 is 5.77. The van der Waals surface area contributed by atoms with Gasteiger partial charge in [0.05, 0.1) is 6.61 Å². The molecule has 1 aliphatic heterocycles. The molecule has 1 fully saturated rings. The Morgan fingerprint density at radius 2 is 1.94 bits per heavy atom. The van der Waals surface area contributed by atoms with Crippen molar-refractivity contribution < 1.29 is 4.74 Å². The number of piperidine rings is 1. The lowest BCUT2D eigenvalue weighted by Crippen LogP contribution is -2.32. The van der Waals surface area contributed by atoms with Gasteiger partial charge in [0.1, 0.15) is 0 Å². The van der Waals surface area contributed by atoms with Crippen LogP contribution in [-0.4, -0.2) is 63.3 Å². The van der Waals surface area contributed by atoms with Crippen molar-refractivity contribution in [1.82, 2.24) is 9.80 Å². The zero-order chi connectivity index (χ0) is 11.8. The number of ether oxygens (including phenoxy) is 1. The normalized spacial score (nSPS) is 19.5. The quantitative estimate of drug-likeness (QED) is 0.617. The highest BCUT2D eigenvalue weighted by Crippen LogP contribution is 2.15. The summed E-state index contributed by atoms with van der Waals surface area (Å²) in [7, 11) is 4.37. The van der Waals surface area contributed by atoms with Gasteiger partial charge in [0.15, 0.2) is 0 Å². The van der Waals surface area contributed by atoms with Gasteiger partial charge >= 0.3 is 0 Å². The maximum absolute atomic E-state index is 5.77. The van der Waals surface area contributed by atoms with Crippen LogP contribution in [0.25, 0.3) is 0 Å². The summed E-state index contributed by atoms with van der Waals surface area (Å²) in [5, 5.41) is 0. The molecule has 0 aromatic rings. The van der Waals surface area contributed by atoms with Crippen molar-refractivity contribution in [2.45, 2.75) is 26.2 Å². The molecule has 16 heavy (non-hydrogen) atoms. The molecule has 0 radical (unpaired) electrons. The number of hydrogen-bond donors (Lipinski definition) is 0.